The van der Waals surface area contributed by atoms with Crippen molar-refractivity contribution in [2.45, 2.75) is 29.6 Å². The van der Waals surface area contributed by atoms with E-state index in [1.165, 1.54) is 42.1 Å². The van der Waals surface area contributed by atoms with Crippen molar-refractivity contribution in [1.29, 1.82) is 0 Å². The van der Waals surface area contributed by atoms with Crippen LogP contribution in [0.5, 0.6) is 0 Å². The first-order valence-electron chi connectivity index (χ1n) is 9.06. The zero-order valence-electron chi connectivity index (χ0n) is 15.8. The average Bonchev–Trinajstić information content (AvgIpc) is 2.67. The standard InChI is InChI=1S/C20H23FN2O3S2/c1-14-8-10-23(11-9-14)20(24)18-13-17(6-7-19(18)27-2)28(25,26)22-16-5-3-4-15(21)12-16/h3-7,12-14,22H,8-11H2,1-2H3. The normalized spacial score (nSPS) is 15.5. The second-order valence-electron chi connectivity index (χ2n) is 6.95. The van der Waals surface area contributed by atoms with Crippen LogP contribution in [0, 0.1) is 11.7 Å². The zero-order chi connectivity index (χ0) is 20.3. The van der Waals surface area contributed by atoms with E-state index in [0.717, 1.165) is 23.8 Å². The van der Waals surface area contributed by atoms with Gasteiger partial charge in [-0.1, -0.05) is 13.0 Å². The van der Waals surface area contributed by atoms with Gasteiger partial charge < -0.3 is 4.90 Å². The Morgan fingerprint density at radius 1 is 1.18 bits per heavy atom. The Morgan fingerprint density at radius 2 is 1.89 bits per heavy atom. The van der Waals surface area contributed by atoms with Crippen LogP contribution in [0.15, 0.2) is 52.3 Å². The number of piperidine rings is 1. The highest BCUT2D eigenvalue weighted by atomic mass is 32.2. The number of carbonyl (C=O) groups is 1. The van der Waals surface area contributed by atoms with E-state index in [9.17, 15) is 17.6 Å². The fourth-order valence-electron chi connectivity index (χ4n) is 3.17. The van der Waals surface area contributed by atoms with Crippen molar-refractivity contribution in [2.24, 2.45) is 5.92 Å². The summed E-state index contributed by atoms with van der Waals surface area (Å²) in [6, 6.07) is 9.76. The number of hydrogen-bond donors (Lipinski definition) is 1. The lowest BCUT2D eigenvalue weighted by molar-refractivity contribution is 0.0693. The van der Waals surface area contributed by atoms with Crippen LogP contribution in [0.2, 0.25) is 0 Å². The summed E-state index contributed by atoms with van der Waals surface area (Å²) in [5.41, 5.74) is 0.510. The summed E-state index contributed by atoms with van der Waals surface area (Å²) in [5, 5.41) is 0. The SMILES string of the molecule is CSc1ccc(S(=O)(=O)Nc2cccc(F)c2)cc1C(=O)N1CCC(C)CC1. The summed E-state index contributed by atoms with van der Waals surface area (Å²) in [7, 11) is -3.95. The van der Waals surface area contributed by atoms with E-state index >= 15 is 0 Å². The first-order valence-corrected chi connectivity index (χ1v) is 11.8. The van der Waals surface area contributed by atoms with Gasteiger partial charge in [-0.15, -0.1) is 11.8 Å². The van der Waals surface area contributed by atoms with Crippen LogP contribution in [0.3, 0.4) is 0 Å². The number of anilines is 1. The molecule has 0 aliphatic carbocycles. The van der Waals surface area contributed by atoms with Gasteiger partial charge in [-0.2, -0.15) is 0 Å². The maximum atomic E-state index is 13.4. The van der Waals surface area contributed by atoms with Crippen molar-refractivity contribution < 1.29 is 17.6 Å². The van der Waals surface area contributed by atoms with Gasteiger partial charge in [-0.25, -0.2) is 12.8 Å². The van der Waals surface area contributed by atoms with Gasteiger partial charge in [0.05, 0.1) is 16.1 Å². The van der Waals surface area contributed by atoms with E-state index < -0.39 is 15.8 Å². The summed E-state index contributed by atoms with van der Waals surface area (Å²) in [4.78, 5) is 15.5. The Balaban J connectivity index is 1.90. The van der Waals surface area contributed by atoms with Crippen molar-refractivity contribution in [3.63, 3.8) is 0 Å². The summed E-state index contributed by atoms with van der Waals surface area (Å²) in [6.07, 6.45) is 3.74. The van der Waals surface area contributed by atoms with Crippen molar-refractivity contribution in [2.75, 3.05) is 24.1 Å². The van der Waals surface area contributed by atoms with Gasteiger partial charge in [0, 0.05) is 18.0 Å². The third-order valence-electron chi connectivity index (χ3n) is 4.86. The Hall–Kier alpha value is -2.06. The molecule has 1 fully saturated rings. The second-order valence-corrected chi connectivity index (χ2v) is 9.48. The lowest BCUT2D eigenvalue weighted by Crippen LogP contribution is -2.38. The number of nitrogens with zero attached hydrogens (tertiary/aromatic N) is 1. The summed E-state index contributed by atoms with van der Waals surface area (Å²) in [6.45, 7) is 3.51. The number of hydrogen-bond acceptors (Lipinski definition) is 4. The maximum absolute atomic E-state index is 13.4. The smallest absolute Gasteiger partial charge is 0.261 e. The van der Waals surface area contributed by atoms with Crippen LogP contribution in [0.1, 0.15) is 30.1 Å². The lowest BCUT2D eigenvalue weighted by Gasteiger charge is -2.30. The molecule has 1 heterocycles. The van der Waals surface area contributed by atoms with Gasteiger partial charge in [0.15, 0.2) is 0 Å². The predicted octanol–water partition coefficient (Wildman–Crippen LogP) is 4.22. The van der Waals surface area contributed by atoms with Crippen LogP contribution in [-0.2, 0) is 10.0 Å². The first-order chi connectivity index (χ1) is 13.3. The predicted molar refractivity (Wildman–Crippen MR) is 110 cm³/mol. The Bertz CT molecular complexity index is 971. The van der Waals surface area contributed by atoms with Crippen LogP contribution in [0.4, 0.5) is 10.1 Å². The molecular formula is C20H23FN2O3S2. The molecule has 0 bridgehead atoms. The minimum absolute atomic E-state index is 0.0247. The lowest BCUT2D eigenvalue weighted by atomic mass is 9.98. The molecule has 1 N–H and O–H groups in total. The molecule has 1 saturated heterocycles. The Morgan fingerprint density at radius 3 is 2.54 bits per heavy atom. The van der Waals surface area contributed by atoms with Gasteiger partial charge in [0.25, 0.3) is 15.9 Å². The molecule has 150 valence electrons. The largest absolute Gasteiger partial charge is 0.339 e. The molecule has 28 heavy (non-hydrogen) atoms. The summed E-state index contributed by atoms with van der Waals surface area (Å²) >= 11 is 1.40. The molecule has 1 aliphatic heterocycles. The van der Waals surface area contributed by atoms with Crippen molar-refractivity contribution in [1.82, 2.24) is 4.90 Å². The molecule has 0 atom stereocenters. The van der Waals surface area contributed by atoms with E-state index in [-0.39, 0.29) is 16.5 Å². The molecule has 8 heteroatoms. The molecule has 2 aromatic carbocycles. The highest BCUT2D eigenvalue weighted by Gasteiger charge is 2.25. The molecule has 0 unspecified atom stereocenters. The van der Waals surface area contributed by atoms with E-state index in [4.69, 9.17) is 0 Å². The van der Waals surface area contributed by atoms with Gasteiger partial charge in [0.1, 0.15) is 5.82 Å². The topological polar surface area (TPSA) is 66.5 Å². The monoisotopic (exact) mass is 422 g/mol. The van der Waals surface area contributed by atoms with Gasteiger partial charge in [0.2, 0.25) is 0 Å². The van der Waals surface area contributed by atoms with Crippen molar-refractivity contribution in [3.8, 4) is 0 Å². The average molecular weight is 423 g/mol. The quantitative estimate of drug-likeness (QED) is 0.733. The molecule has 5 nitrogen and oxygen atoms in total. The number of thioether (sulfide) groups is 1. The Kier molecular flexibility index (Phi) is 6.30. The molecule has 3 rings (SSSR count). The van der Waals surface area contributed by atoms with Crippen molar-refractivity contribution >= 4 is 33.4 Å². The molecule has 1 aliphatic rings. The number of benzene rings is 2. The molecule has 0 aromatic heterocycles. The number of carbonyl (C=O) groups excluding carboxylic acids is 1. The van der Waals surface area contributed by atoms with Gasteiger partial charge in [-0.3, -0.25) is 9.52 Å². The number of likely N-dealkylation sites (tertiary alicyclic amines) is 1. The highest BCUT2D eigenvalue weighted by molar-refractivity contribution is 7.98. The Labute approximate surface area is 169 Å². The van der Waals surface area contributed by atoms with E-state index in [1.54, 1.807) is 11.0 Å². The zero-order valence-corrected chi connectivity index (χ0v) is 17.4. The minimum Gasteiger partial charge on any atom is -0.339 e. The third-order valence-corrected chi connectivity index (χ3v) is 7.03. The molecule has 0 spiro atoms. The molecule has 2 aromatic rings. The molecule has 1 amide bonds. The summed E-state index contributed by atoms with van der Waals surface area (Å²) < 4.78 is 41.2. The molecular weight excluding hydrogens is 399 g/mol. The fourth-order valence-corrected chi connectivity index (χ4v) is 4.82. The van der Waals surface area contributed by atoms with Crippen molar-refractivity contribution in [3.05, 3.63) is 53.8 Å². The van der Waals surface area contributed by atoms with Crippen LogP contribution in [-0.4, -0.2) is 38.6 Å². The van der Waals surface area contributed by atoms with E-state index in [0.29, 0.717) is 24.6 Å². The molecule has 0 radical (unpaired) electrons. The maximum Gasteiger partial charge on any atom is 0.261 e. The minimum atomic E-state index is -3.95. The van der Waals surface area contributed by atoms with Crippen LogP contribution in [0.25, 0.3) is 0 Å². The molecule has 0 saturated carbocycles. The number of halogens is 1. The van der Waals surface area contributed by atoms with E-state index in [2.05, 4.69) is 11.6 Å². The van der Waals surface area contributed by atoms with Crippen LogP contribution < -0.4 is 4.72 Å². The number of rotatable bonds is 5. The third kappa shape index (κ3) is 4.67. The first kappa shape index (κ1) is 20.7. The number of nitrogens with one attached hydrogen (secondary N) is 1. The highest BCUT2D eigenvalue weighted by Crippen LogP contribution is 2.28. The van der Waals surface area contributed by atoms with Gasteiger partial charge in [-0.05, 0) is 61.4 Å². The fraction of sp³-hybridized carbons (Fsp3) is 0.350. The number of amides is 1. The number of sulfonamides is 1. The van der Waals surface area contributed by atoms with E-state index in [1.807, 2.05) is 6.26 Å². The second kappa shape index (κ2) is 8.53. The van der Waals surface area contributed by atoms with Crippen LogP contribution >= 0.6 is 11.8 Å². The summed E-state index contributed by atoms with van der Waals surface area (Å²) in [5.74, 6) is -0.0987. The van der Waals surface area contributed by atoms with Gasteiger partial charge >= 0.3 is 0 Å².